The number of imidazole rings is 1. The van der Waals surface area contributed by atoms with Gasteiger partial charge in [0.15, 0.2) is 0 Å². The fourth-order valence-corrected chi connectivity index (χ4v) is 3.00. The van der Waals surface area contributed by atoms with Gasteiger partial charge in [-0.25, -0.2) is 9.97 Å². The molecule has 0 saturated heterocycles. The number of ether oxygens (including phenoxy) is 1. The predicted octanol–water partition coefficient (Wildman–Crippen LogP) is 3.11. The number of nitrogens with zero attached hydrogens (tertiary/aromatic N) is 3. The first kappa shape index (κ1) is 12.6. The van der Waals surface area contributed by atoms with Gasteiger partial charge in [-0.3, -0.25) is 5.10 Å². The lowest BCUT2D eigenvalue weighted by atomic mass is 10.2. The van der Waals surface area contributed by atoms with Crippen LogP contribution in [0.1, 0.15) is 0 Å². The molecule has 3 aromatic heterocycles. The highest BCUT2D eigenvalue weighted by atomic mass is 127. The molecule has 0 saturated carbocycles. The molecule has 0 aliphatic heterocycles. The fraction of sp³-hybridized carbons (Fsp3) is 0.0714. The Morgan fingerprint density at radius 1 is 1.24 bits per heavy atom. The first-order valence-electron chi connectivity index (χ1n) is 6.28. The zero-order valence-corrected chi connectivity index (χ0v) is 13.2. The summed E-state index contributed by atoms with van der Waals surface area (Å²) < 4.78 is 6.38. The summed E-state index contributed by atoms with van der Waals surface area (Å²) in [5.74, 6) is 1.31. The Kier molecular flexibility index (Phi) is 2.81. The third-order valence-electron chi connectivity index (χ3n) is 3.34. The molecule has 3 heterocycles. The quantitative estimate of drug-likeness (QED) is 0.515. The third kappa shape index (κ3) is 1.96. The van der Waals surface area contributed by atoms with Gasteiger partial charge in [0.2, 0.25) is 5.88 Å². The van der Waals surface area contributed by atoms with Gasteiger partial charge in [0.1, 0.15) is 5.82 Å². The Labute approximate surface area is 133 Å². The molecule has 21 heavy (non-hydrogen) atoms. The van der Waals surface area contributed by atoms with E-state index < -0.39 is 0 Å². The van der Waals surface area contributed by atoms with E-state index in [0.29, 0.717) is 5.88 Å². The van der Waals surface area contributed by atoms with Crippen molar-refractivity contribution in [1.29, 1.82) is 0 Å². The molecular formula is C14H10IN5O. The van der Waals surface area contributed by atoms with Gasteiger partial charge in [-0.15, -0.1) is 0 Å². The molecule has 0 bridgehead atoms. The molecule has 0 aliphatic carbocycles. The average molecular weight is 391 g/mol. The van der Waals surface area contributed by atoms with Gasteiger partial charge in [0.05, 0.1) is 35.4 Å². The van der Waals surface area contributed by atoms with Gasteiger partial charge in [-0.2, -0.15) is 5.10 Å². The van der Waals surface area contributed by atoms with E-state index >= 15 is 0 Å². The molecule has 7 heteroatoms. The van der Waals surface area contributed by atoms with Crippen LogP contribution >= 0.6 is 22.6 Å². The number of aromatic nitrogens is 5. The molecule has 4 aromatic rings. The third-order valence-corrected chi connectivity index (χ3v) is 4.24. The van der Waals surface area contributed by atoms with Crippen molar-refractivity contribution in [2.45, 2.75) is 0 Å². The van der Waals surface area contributed by atoms with Crippen LogP contribution in [0, 0.1) is 3.57 Å². The molecule has 0 aliphatic rings. The van der Waals surface area contributed by atoms with Gasteiger partial charge in [0, 0.05) is 15.2 Å². The molecule has 0 unspecified atom stereocenters. The van der Waals surface area contributed by atoms with Crippen LogP contribution in [-0.4, -0.2) is 32.3 Å². The van der Waals surface area contributed by atoms with Gasteiger partial charge in [-0.05, 0) is 40.8 Å². The number of fused-ring (bicyclic) bond motifs is 2. The van der Waals surface area contributed by atoms with Crippen LogP contribution in [0.4, 0.5) is 0 Å². The van der Waals surface area contributed by atoms with Crippen LogP contribution in [-0.2, 0) is 0 Å². The number of methoxy groups -OCH3 is 1. The van der Waals surface area contributed by atoms with Crippen LogP contribution in [0.5, 0.6) is 5.88 Å². The van der Waals surface area contributed by atoms with Gasteiger partial charge >= 0.3 is 0 Å². The highest BCUT2D eigenvalue weighted by molar-refractivity contribution is 14.1. The summed E-state index contributed by atoms with van der Waals surface area (Å²) >= 11 is 2.26. The SMILES string of the molecule is COc1nccc(I)c1-c1nc2cc3cn[nH]c3cc2[nH]1. The van der Waals surface area contributed by atoms with E-state index in [1.54, 1.807) is 19.5 Å². The molecule has 4 rings (SSSR count). The number of hydrogen-bond acceptors (Lipinski definition) is 4. The van der Waals surface area contributed by atoms with Crippen molar-refractivity contribution < 1.29 is 4.74 Å². The molecule has 0 amide bonds. The van der Waals surface area contributed by atoms with Crippen molar-refractivity contribution in [3.05, 3.63) is 34.2 Å². The van der Waals surface area contributed by atoms with Crippen LogP contribution in [0.25, 0.3) is 33.3 Å². The van der Waals surface area contributed by atoms with E-state index in [0.717, 1.165) is 36.9 Å². The first-order chi connectivity index (χ1) is 10.3. The molecule has 0 fully saturated rings. The molecule has 0 radical (unpaired) electrons. The Hall–Kier alpha value is -2.16. The summed E-state index contributed by atoms with van der Waals surface area (Å²) in [6, 6.07) is 5.94. The van der Waals surface area contributed by atoms with Crippen LogP contribution in [0.2, 0.25) is 0 Å². The van der Waals surface area contributed by atoms with Crippen molar-refractivity contribution >= 4 is 44.5 Å². The monoisotopic (exact) mass is 391 g/mol. The van der Waals surface area contributed by atoms with Gasteiger partial charge in [0.25, 0.3) is 0 Å². The summed E-state index contributed by atoms with van der Waals surface area (Å²) in [4.78, 5) is 12.2. The molecule has 0 atom stereocenters. The summed E-state index contributed by atoms with van der Waals surface area (Å²) in [5, 5.41) is 8.02. The van der Waals surface area contributed by atoms with E-state index in [4.69, 9.17) is 4.74 Å². The average Bonchev–Trinajstić information content (AvgIpc) is 3.09. The largest absolute Gasteiger partial charge is 0.480 e. The number of pyridine rings is 1. The van der Waals surface area contributed by atoms with Crippen molar-refractivity contribution in [1.82, 2.24) is 25.1 Å². The normalized spacial score (nSPS) is 11.3. The van der Waals surface area contributed by atoms with E-state index in [2.05, 4.69) is 47.7 Å². The Morgan fingerprint density at radius 2 is 2.14 bits per heavy atom. The lowest BCUT2D eigenvalue weighted by Crippen LogP contribution is -1.94. The number of benzene rings is 1. The molecule has 0 spiro atoms. The van der Waals surface area contributed by atoms with Crippen molar-refractivity contribution in [2.24, 2.45) is 0 Å². The maximum absolute atomic E-state index is 5.35. The number of aromatic amines is 2. The second-order valence-corrected chi connectivity index (χ2v) is 5.75. The molecule has 1 aromatic carbocycles. The number of H-pyrrole nitrogens is 2. The molecule has 104 valence electrons. The zero-order chi connectivity index (χ0) is 14.4. The minimum Gasteiger partial charge on any atom is -0.480 e. The number of hydrogen-bond donors (Lipinski definition) is 2. The highest BCUT2D eigenvalue weighted by Crippen LogP contribution is 2.32. The van der Waals surface area contributed by atoms with E-state index in [1.807, 2.05) is 18.2 Å². The second-order valence-electron chi connectivity index (χ2n) is 4.59. The van der Waals surface area contributed by atoms with E-state index in [9.17, 15) is 0 Å². The van der Waals surface area contributed by atoms with Crippen molar-refractivity contribution in [3.8, 4) is 17.3 Å². The number of halogens is 1. The Balaban J connectivity index is 1.98. The summed E-state index contributed by atoms with van der Waals surface area (Å²) in [6.07, 6.45) is 3.51. The number of rotatable bonds is 2. The van der Waals surface area contributed by atoms with E-state index in [-0.39, 0.29) is 0 Å². The first-order valence-corrected chi connectivity index (χ1v) is 7.36. The van der Waals surface area contributed by atoms with Gasteiger partial charge in [-0.1, -0.05) is 0 Å². The zero-order valence-electron chi connectivity index (χ0n) is 11.0. The predicted molar refractivity (Wildman–Crippen MR) is 88.2 cm³/mol. The standard InChI is InChI=1S/C14H10IN5O/c1-21-14-12(8(15)2-3-16-14)13-18-10-4-7-6-17-20-9(7)5-11(10)19-13/h2-6H,1H3,(H,17,20)(H,18,19). The summed E-state index contributed by atoms with van der Waals surface area (Å²) in [7, 11) is 1.61. The molecule has 2 N–H and O–H groups in total. The maximum atomic E-state index is 5.35. The Bertz CT molecular complexity index is 910. The molecule has 6 nitrogen and oxygen atoms in total. The van der Waals surface area contributed by atoms with Crippen molar-refractivity contribution in [3.63, 3.8) is 0 Å². The highest BCUT2D eigenvalue weighted by Gasteiger charge is 2.15. The van der Waals surface area contributed by atoms with Crippen LogP contribution in [0.15, 0.2) is 30.6 Å². The lowest BCUT2D eigenvalue weighted by molar-refractivity contribution is 0.399. The van der Waals surface area contributed by atoms with Gasteiger partial charge < -0.3 is 9.72 Å². The van der Waals surface area contributed by atoms with Crippen LogP contribution < -0.4 is 4.74 Å². The summed E-state index contributed by atoms with van der Waals surface area (Å²) in [6.45, 7) is 0. The smallest absolute Gasteiger partial charge is 0.225 e. The minimum absolute atomic E-state index is 0.563. The minimum atomic E-state index is 0.563. The van der Waals surface area contributed by atoms with Crippen molar-refractivity contribution in [2.75, 3.05) is 7.11 Å². The molecular weight excluding hydrogens is 381 g/mol. The van der Waals surface area contributed by atoms with E-state index in [1.165, 1.54) is 0 Å². The maximum Gasteiger partial charge on any atom is 0.225 e. The summed E-state index contributed by atoms with van der Waals surface area (Å²) in [5.41, 5.74) is 3.69. The second kappa shape index (κ2) is 4.69. The topological polar surface area (TPSA) is 79.5 Å². The Morgan fingerprint density at radius 3 is 3.00 bits per heavy atom. The lowest BCUT2D eigenvalue weighted by Gasteiger charge is -2.06. The number of nitrogens with one attached hydrogen (secondary N) is 2. The van der Waals surface area contributed by atoms with Crippen LogP contribution in [0.3, 0.4) is 0 Å². The fourth-order valence-electron chi connectivity index (χ4n) is 2.36.